The van der Waals surface area contributed by atoms with Crippen LogP contribution in [-0.4, -0.2) is 29.4 Å². The van der Waals surface area contributed by atoms with Gasteiger partial charge in [0.15, 0.2) is 17.3 Å². The van der Waals surface area contributed by atoms with Crippen LogP contribution in [0.1, 0.15) is 27.3 Å². The number of carbonyl (C=O) groups is 1. The van der Waals surface area contributed by atoms with Gasteiger partial charge in [0.2, 0.25) is 0 Å². The Labute approximate surface area is 160 Å². The second-order valence-corrected chi connectivity index (χ2v) is 6.97. The summed E-state index contributed by atoms with van der Waals surface area (Å²) < 4.78 is 19.2. The van der Waals surface area contributed by atoms with Crippen molar-refractivity contribution in [3.8, 4) is 5.75 Å². The summed E-state index contributed by atoms with van der Waals surface area (Å²) in [6.45, 7) is 0.854. The third kappa shape index (κ3) is 2.57. The Balaban J connectivity index is 1.74. The Hall–Kier alpha value is -3.25. The number of ether oxygens (including phenoxy) is 1. The maximum absolute atomic E-state index is 14.2. The highest BCUT2D eigenvalue weighted by atomic mass is 19.1. The zero-order chi connectivity index (χ0) is 19.3. The zero-order valence-electron chi connectivity index (χ0n) is 15.3. The van der Waals surface area contributed by atoms with E-state index in [0.29, 0.717) is 25.1 Å². The Morgan fingerprint density at radius 1 is 1.18 bits per heavy atom. The molecular weight excluding hydrogens is 357 g/mol. The first kappa shape index (κ1) is 16.9. The lowest BCUT2D eigenvalue weighted by Crippen LogP contribution is -2.31. The van der Waals surface area contributed by atoms with Crippen LogP contribution in [0.4, 0.5) is 4.39 Å². The summed E-state index contributed by atoms with van der Waals surface area (Å²) in [6, 6.07) is 12.9. The van der Waals surface area contributed by atoms with Gasteiger partial charge in [-0.15, -0.1) is 0 Å². The van der Waals surface area contributed by atoms with E-state index in [-0.39, 0.29) is 11.5 Å². The van der Waals surface area contributed by atoms with Crippen molar-refractivity contribution >= 4 is 27.6 Å². The molecule has 5 nitrogen and oxygen atoms in total. The molecule has 0 bridgehead atoms. The van der Waals surface area contributed by atoms with Gasteiger partial charge in [-0.2, -0.15) is 0 Å². The van der Waals surface area contributed by atoms with Crippen LogP contribution >= 0.6 is 0 Å². The summed E-state index contributed by atoms with van der Waals surface area (Å²) in [7, 11) is 1.45. The third-order valence-electron chi connectivity index (χ3n) is 5.25. The highest BCUT2D eigenvalue weighted by Crippen LogP contribution is 2.34. The van der Waals surface area contributed by atoms with Crippen molar-refractivity contribution in [1.29, 1.82) is 0 Å². The summed E-state index contributed by atoms with van der Waals surface area (Å²) >= 11 is 0. The number of aromatic amines is 1. The molecule has 2 aromatic carbocycles. The van der Waals surface area contributed by atoms with E-state index in [1.54, 1.807) is 6.07 Å². The maximum atomic E-state index is 14.2. The van der Waals surface area contributed by atoms with E-state index in [4.69, 9.17) is 9.72 Å². The van der Waals surface area contributed by atoms with Crippen molar-refractivity contribution in [3.63, 3.8) is 0 Å². The summed E-state index contributed by atoms with van der Waals surface area (Å²) in [6.07, 6.45) is 0.450. The Bertz CT molecular complexity index is 1250. The third-order valence-corrected chi connectivity index (χ3v) is 5.25. The number of para-hydroxylation sites is 1. The minimum atomic E-state index is -0.400. The molecule has 2 aromatic heterocycles. The number of Topliss-reactive ketones (excluding diaryl/α,β-unsaturated/α-hetero) is 1. The van der Waals surface area contributed by atoms with E-state index in [9.17, 15) is 9.18 Å². The standard InChI is InChI=1S/C22H18FN3O2/c1-28-19-7-6-12(8-14(19)23)9-16-22-20(13-4-2-3-5-15(13)26-22)21-17(25-16)10-24-11-18(21)27/h2-8,24,26H,9-11H2,1H3. The van der Waals surface area contributed by atoms with Crippen LogP contribution < -0.4 is 10.1 Å². The topological polar surface area (TPSA) is 67.0 Å². The summed E-state index contributed by atoms with van der Waals surface area (Å²) in [5, 5.41) is 5.03. The molecule has 140 valence electrons. The number of hydrogen-bond acceptors (Lipinski definition) is 4. The number of hydrogen-bond donors (Lipinski definition) is 2. The number of aromatic nitrogens is 2. The number of methoxy groups -OCH3 is 1. The van der Waals surface area contributed by atoms with Crippen LogP contribution in [0.25, 0.3) is 21.8 Å². The molecule has 3 heterocycles. The SMILES string of the molecule is COc1ccc(Cc2nc3c(c4c2[nH]c2ccccc24)C(=O)CNC3)cc1F. The second kappa shape index (κ2) is 6.42. The number of halogens is 1. The molecule has 1 aliphatic rings. The van der Waals surface area contributed by atoms with Crippen molar-refractivity contribution in [2.45, 2.75) is 13.0 Å². The van der Waals surface area contributed by atoms with E-state index < -0.39 is 5.82 Å². The highest BCUT2D eigenvalue weighted by molar-refractivity contribution is 6.20. The molecule has 0 atom stereocenters. The van der Waals surface area contributed by atoms with E-state index in [1.807, 2.05) is 30.3 Å². The van der Waals surface area contributed by atoms with Crippen LogP contribution in [0.15, 0.2) is 42.5 Å². The molecule has 0 amide bonds. The highest BCUT2D eigenvalue weighted by Gasteiger charge is 2.25. The normalized spacial score (nSPS) is 13.9. The quantitative estimate of drug-likeness (QED) is 0.572. The molecule has 0 spiro atoms. The maximum Gasteiger partial charge on any atom is 0.179 e. The number of fused-ring (bicyclic) bond motifs is 5. The summed E-state index contributed by atoms with van der Waals surface area (Å²) in [5.41, 5.74) is 4.83. The smallest absolute Gasteiger partial charge is 0.179 e. The lowest BCUT2D eigenvalue weighted by atomic mass is 9.96. The number of benzene rings is 2. The minimum absolute atomic E-state index is 0.0468. The fourth-order valence-corrected chi connectivity index (χ4v) is 3.99. The van der Waals surface area contributed by atoms with E-state index in [2.05, 4.69) is 10.3 Å². The lowest BCUT2D eigenvalue weighted by molar-refractivity contribution is 0.0983. The molecule has 0 saturated carbocycles. The van der Waals surface area contributed by atoms with Gasteiger partial charge in [-0.3, -0.25) is 9.78 Å². The molecule has 5 rings (SSSR count). The number of ketones is 1. The molecule has 0 unspecified atom stereocenters. The van der Waals surface area contributed by atoms with Crippen molar-refractivity contribution in [2.24, 2.45) is 0 Å². The van der Waals surface area contributed by atoms with Gasteiger partial charge in [-0.05, 0) is 23.8 Å². The van der Waals surface area contributed by atoms with Gasteiger partial charge in [0.25, 0.3) is 0 Å². The average Bonchev–Trinajstić information content (AvgIpc) is 3.08. The van der Waals surface area contributed by atoms with Gasteiger partial charge in [0, 0.05) is 29.3 Å². The Morgan fingerprint density at radius 3 is 2.86 bits per heavy atom. The van der Waals surface area contributed by atoms with Crippen LogP contribution in [0.2, 0.25) is 0 Å². The van der Waals surface area contributed by atoms with Crippen LogP contribution in [0.3, 0.4) is 0 Å². The van der Waals surface area contributed by atoms with E-state index in [0.717, 1.165) is 38.8 Å². The molecule has 1 aliphatic heterocycles. The first-order valence-electron chi connectivity index (χ1n) is 9.14. The largest absolute Gasteiger partial charge is 0.494 e. The van der Waals surface area contributed by atoms with Crippen LogP contribution in [0.5, 0.6) is 5.75 Å². The van der Waals surface area contributed by atoms with Gasteiger partial charge in [-0.25, -0.2) is 4.39 Å². The van der Waals surface area contributed by atoms with Crippen molar-refractivity contribution < 1.29 is 13.9 Å². The van der Waals surface area contributed by atoms with Crippen molar-refractivity contribution in [2.75, 3.05) is 13.7 Å². The molecule has 6 heteroatoms. The molecule has 28 heavy (non-hydrogen) atoms. The lowest BCUT2D eigenvalue weighted by Gasteiger charge is -2.18. The molecule has 0 saturated heterocycles. The van der Waals surface area contributed by atoms with E-state index in [1.165, 1.54) is 13.2 Å². The summed E-state index contributed by atoms with van der Waals surface area (Å²) in [5.74, 6) is -0.138. The van der Waals surface area contributed by atoms with Gasteiger partial charge in [0.1, 0.15) is 0 Å². The van der Waals surface area contributed by atoms with Gasteiger partial charge < -0.3 is 15.0 Å². The minimum Gasteiger partial charge on any atom is -0.494 e. The number of carbonyl (C=O) groups excluding carboxylic acids is 1. The van der Waals surface area contributed by atoms with Crippen LogP contribution in [0, 0.1) is 5.82 Å². The van der Waals surface area contributed by atoms with Crippen molar-refractivity contribution in [3.05, 3.63) is 70.8 Å². The summed E-state index contributed by atoms with van der Waals surface area (Å²) in [4.78, 5) is 20.9. The number of pyridine rings is 1. The van der Waals surface area contributed by atoms with Crippen molar-refractivity contribution in [1.82, 2.24) is 15.3 Å². The molecule has 4 aromatic rings. The Kier molecular flexibility index (Phi) is 3.87. The predicted molar refractivity (Wildman–Crippen MR) is 105 cm³/mol. The predicted octanol–water partition coefficient (Wildman–Crippen LogP) is 3.74. The van der Waals surface area contributed by atoms with Gasteiger partial charge >= 0.3 is 0 Å². The van der Waals surface area contributed by atoms with Gasteiger partial charge in [-0.1, -0.05) is 24.3 Å². The fourth-order valence-electron chi connectivity index (χ4n) is 3.99. The molecule has 0 fully saturated rings. The number of nitrogens with zero attached hydrogens (tertiary/aromatic N) is 1. The zero-order valence-corrected chi connectivity index (χ0v) is 15.3. The monoisotopic (exact) mass is 375 g/mol. The van der Waals surface area contributed by atoms with Crippen LogP contribution in [-0.2, 0) is 13.0 Å². The average molecular weight is 375 g/mol. The molecular formula is C22H18FN3O2. The Morgan fingerprint density at radius 2 is 2.04 bits per heavy atom. The van der Waals surface area contributed by atoms with E-state index >= 15 is 0 Å². The van der Waals surface area contributed by atoms with Gasteiger partial charge in [0.05, 0.1) is 36.1 Å². The number of nitrogens with one attached hydrogen (secondary N) is 2. The fraction of sp³-hybridized carbons (Fsp3) is 0.182. The number of H-pyrrole nitrogens is 1. The first-order valence-corrected chi connectivity index (χ1v) is 9.14. The number of rotatable bonds is 3. The molecule has 2 N–H and O–H groups in total. The molecule has 0 aliphatic carbocycles. The molecule has 0 radical (unpaired) electrons. The second-order valence-electron chi connectivity index (χ2n) is 6.97. The first-order chi connectivity index (χ1) is 13.7.